The van der Waals surface area contributed by atoms with Crippen molar-refractivity contribution in [1.29, 1.82) is 0 Å². The van der Waals surface area contributed by atoms with Crippen molar-refractivity contribution in [3.8, 4) is 17.6 Å². The number of aliphatic hydroxyl groups is 1. The Morgan fingerprint density at radius 3 is 2.56 bits per heavy atom. The lowest BCUT2D eigenvalue weighted by molar-refractivity contribution is 0.100. The zero-order chi connectivity index (χ0) is 17.4. The lowest BCUT2D eigenvalue weighted by Gasteiger charge is -2.22. The summed E-state index contributed by atoms with van der Waals surface area (Å²) in [4.78, 5) is 8.12. The highest BCUT2D eigenvalue weighted by Crippen LogP contribution is 2.13. The molecule has 0 aliphatic rings. The van der Waals surface area contributed by atoms with Crippen molar-refractivity contribution in [2.45, 2.75) is 32.4 Å². The van der Waals surface area contributed by atoms with Crippen LogP contribution in [-0.2, 0) is 0 Å². The summed E-state index contributed by atoms with van der Waals surface area (Å²) in [6.07, 6.45) is 2.74. The van der Waals surface area contributed by atoms with Gasteiger partial charge < -0.3 is 15.2 Å². The van der Waals surface area contributed by atoms with Gasteiger partial charge in [0.1, 0.15) is 18.5 Å². The van der Waals surface area contributed by atoms with E-state index >= 15 is 0 Å². The molecular formula is C19H24ClN3O2. The van der Waals surface area contributed by atoms with Crippen molar-refractivity contribution in [3.63, 3.8) is 0 Å². The average Bonchev–Trinajstić information content (AvgIpc) is 2.57. The van der Waals surface area contributed by atoms with E-state index < -0.39 is 6.10 Å². The third-order valence-corrected chi connectivity index (χ3v) is 3.03. The highest BCUT2D eigenvalue weighted by atomic mass is 35.5. The number of aromatic nitrogens is 2. The highest BCUT2D eigenvalue weighted by Gasteiger charge is 2.12. The van der Waals surface area contributed by atoms with E-state index in [1.807, 2.05) is 24.3 Å². The van der Waals surface area contributed by atoms with Gasteiger partial charge in [-0.2, -0.15) is 0 Å². The molecule has 0 fully saturated rings. The Morgan fingerprint density at radius 1 is 1.16 bits per heavy atom. The molecule has 1 atom stereocenters. The molecule has 2 aromatic rings. The van der Waals surface area contributed by atoms with Crippen LogP contribution >= 0.6 is 12.4 Å². The van der Waals surface area contributed by atoms with Gasteiger partial charge in [0.2, 0.25) is 5.82 Å². The van der Waals surface area contributed by atoms with Crippen LogP contribution in [0.3, 0.4) is 0 Å². The predicted molar refractivity (Wildman–Crippen MR) is 101 cm³/mol. The van der Waals surface area contributed by atoms with Crippen LogP contribution in [0.25, 0.3) is 0 Å². The van der Waals surface area contributed by atoms with E-state index in [9.17, 15) is 5.11 Å². The molecular weight excluding hydrogens is 338 g/mol. The topological polar surface area (TPSA) is 67.3 Å². The quantitative estimate of drug-likeness (QED) is 0.800. The van der Waals surface area contributed by atoms with Crippen LogP contribution in [0.4, 0.5) is 0 Å². The van der Waals surface area contributed by atoms with Gasteiger partial charge in [-0.25, -0.2) is 9.97 Å². The molecule has 25 heavy (non-hydrogen) atoms. The molecule has 1 aromatic carbocycles. The molecule has 0 aliphatic heterocycles. The zero-order valence-corrected chi connectivity index (χ0v) is 15.5. The molecule has 2 rings (SSSR count). The third kappa shape index (κ3) is 8.50. The molecule has 0 aliphatic carbocycles. The number of rotatable bonds is 5. The monoisotopic (exact) mass is 361 g/mol. The SMILES string of the molecule is CC(C)(C)NCC(O)COc1cccc(C#Cc2ncccn2)c1.Cl. The fourth-order valence-electron chi connectivity index (χ4n) is 1.83. The number of benzene rings is 1. The number of halogens is 1. The van der Waals surface area contributed by atoms with Crippen LogP contribution in [0, 0.1) is 11.8 Å². The van der Waals surface area contributed by atoms with Crippen molar-refractivity contribution in [2.24, 2.45) is 0 Å². The first-order valence-electron chi connectivity index (χ1n) is 7.87. The lowest BCUT2D eigenvalue weighted by atomic mass is 10.1. The zero-order valence-electron chi connectivity index (χ0n) is 14.7. The second-order valence-corrected chi connectivity index (χ2v) is 6.45. The number of aliphatic hydroxyl groups excluding tert-OH is 1. The molecule has 0 saturated carbocycles. The Balaban J connectivity index is 0.00000312. The molecule has 0 spiro atoms. The van der Waals surface area contributed by atoms with Crippen LogP contribution in [0.15, 0.2) is 42.7 Å². The second kappa shape index (κ2) is 10.00. The summed E-state index contributed by atoms with van der Waals surface area (Å²) in [5.41, 5.74) is 0.776. The second-order valence-electron chi connectivity index (χ2n) is 6.45. The van der Waals surface area contributed by atoms with Gasteiger partial charge >= 0.3 is 0 Å². The van der Waals surface area contributed by atoms with Crippen molar-refractivity contribution in [1.82, 2.24) is 15.3 Å². The summed E-state index contributed by atoms with van der Waals surface area (Å²) in [6, 6.07) is 9.18. The first-order chi connectivity index (χ1) is 11.4. The Kier molecular flexibility index (Phi) is 8.36. The van der Waals surface area contributed by atoms with E-state index in [1.54, 1.807) is 18.5 Å². The number of nitrogens with zero attached hydrogens (tertiary/aromatic N) is 2. The molecule has 134 valence electrons. The van der Waals surface area contributed by atoms with Gasteiger partial charge in [-0.05, 0) is 51.0 Å². The van der Waals surface area contributed by atoms with Crippen LogP contribution < -0.4 is 10.1 Å². The minimum atomic E-state index is -0.573. The molecule has 6 heteroatoms. The summed E-state index contributed by atoms with van der Waals surface area (Å²) in [5.74, 6) is 7.06. The van der Waals surface area contributed by atoms with Gasteiger partial charge in [-0.1, -0.05) is 12.0 Å². The summed E-state index contributed by atoms with van der Waals surface area (Å²) in [5, 5.41) is 13.2. The molecule has 2 N–H and O–H groups in total. The van der Waals surface area contributed by atoms with Crippen LogP contribution in [0.1, 0.15) is 32.2 Å². The van der Waals surface area contributed by atoms with Gasteiger partial charge in [0, 0.05) is 30.0 Å². The number of hydrogen-bond acceptors (Lipinski definition) is 5. The normalized spacial score (nSPS) is 11.7. The number of β-amino-alcohol motifs (C(OH)–C–C–N with tert-alkyl or cyclic N) is 1. The maximum Gasteiger partial charge on any atom is 0.205 e. The van der Waals surface area contributed by atoms with Crippen LogP contribution in [0.5, 0.6) is 5.75 Å². The number of nitrogens with one attached hydrogen (secondary N) is 1. The van der Waals surface area contributed by atoms with E-state index in [1.165, 1.54) is 0 Å². The van der Waals surface area contributed by atoms with Gasteiger partial charge in [-0.3, -0.25) is 0 Å². The maximum absolute atomic E-state index is 9.96. The van der Waals surface area contributed by atoms with Gasteiger partial charge in [0.15, 0.2) is 0 Å². The minimum absolute atomic E-state index is 0. The molecule has 0 bridgehead atoms. The standard InChI is InChI=1S/C19H23N3O2.ClH/c1-19(2,3)22-13-16(23)14-24-17-7-4-6-15(12-17)8-9-18-20-10-5-11-21-18;/h4-7,10-12,16,22-23H,13-14H2,1-3H3;1H. The van der Waals surface area contributed by atoms with Crippen molar-refractivity contribution in [2.75, 3.05) is 13.2 Å². The summed E-state index contributed by atoms with van der Waals surface area (Å²) >= 11 is 0. The van der Waals surface area contributed by atoms with E-state index in [2.05, 4.69) is 47.9 Å². The fourth-order valence-corrected chi connectivity index (χ4v) is 1.83. The Bertz CT molecular complexity index is 706. The Morgan fingerprint density at radius 2 is 1.88 bits per heavy atom. The van der Waals surface area contributed by atoms with E-state index in [-0.39, 0.29) is 24.6 Å². The van der Waals surface area contributed by atoms with Gasteiger partial charge in [0.25, 0.3) is 0 Å². The molecule has 0 saturated heterocycles. The first-order valence-corrected chi connectivity index (χ1v) is 7.87. The third-order valence-electron chi connectivity index (χ3n) is 3.03. The van der Waals surface area contributed by atoms with E-state index in [0.717, 1.165) is 5.56 Å². The largest absolute Gasteiger partial charge is 0.491 e. The first kappa shape index (κ1) is 20.9. The van der Waals surface area contributed by atoms with Gasteiger partial charge in [-0.15, -0.1) is 12.4 Å². The summed E-state index contributed by atoms with van der Waals surface area (Å²) in [7, 11) is 0. The van der Waals surface area contributed by atoms with E-state index in [4.69, 9.17) is 4.74 Å². The molecule has 5 nitrogen and oxygen atoms in total. The van der Waals surface area contributed by atoms with E-state index in [0.29, 0.717) is 18.1 Å². The lowest BCUT2D eigenvalue weighted by Crippen LogP contribution is -2.42. The average molecular weight is 362 g/mol. The predicted octanol–water partition coefficient (Wildman–Crippen LogP) is 2.43. The molecule has 1 heterocycles. The molecule has 1 aromatic heterocycles. The summed E-state index contributed by atoms with van der Waals surface area (Å²) in [6.45, 7) is 6.87. The number of hydrogen-bond donors (Lipinski definition) is 2. The van der Waals surface area contributed by atoms with Crippen LogP contribution in [-0.4, -0.2) is 39.9 Å². The maximum atomic E-state index is 9.96. The van der Waals surface area contributed by atoms with Crippen LogP contribution in [0.2, 0.25) is 0 Å². The number of ether oxygens (including phenoxy) is 1. The minimum Gasteiger partial charge on any atom is -0.491 e. The highest BCUT2D eigenvalue weighted by molar-refractivity contribution is 5.85. The molecule has 1 unspecified atom stereocenters. The smallest absolute Gasteiger partial charge is 0.205 e. The molecule has 0 amide bonds. The van der Waals surface area contributed by atoms with Crippen molar-refractivity contribution in [3.05, 3.63) is 54.1 Å². The van der Waals surface area contributed by atoms with Crippen molar-refractivity contribution < 1.29 is 9.84 Å². The summed E-state index contributed by atoms with van der Waals surface area (Å²) < 4.78 is 5.64. The van der Waals surface area contributed by atoms with Crippen molar-refractivity contribution >= 4 is 12.4 Å². The fraction of sp³-hybridized carbons (Fsp3) is 0.368. The Hall–Kier alpha value is -2.13. The van der Waals surface area contributed by atoms with Gasteiger partial charge in [0.05, 0.1) is 0 Å². The molecule has 0 radical (unpaired) electrons. The Labute approximate surface area is 155 Å².